The summed E-state index contributed by atoms with van der Waals surface area (Å²) in [4.78, 5) is 13.5. The Morgan fingerprint density at radius 1 is 1.21 bits per heavy atom. The van der Waals surface area contributed by atoms with Crippen molar-refractivity contribution in [3.8, 4) is 6.07 Å². The highest BCUT2D eigenvalue weighted by Gasteiger charge is 2.50. The molecule has 28 heavy (non-hydrogen) atoms. The molecule has 1 atom stereocenters. The van der Waals surface area contributed by atoms with Crippen LogP contribution >= 0.6 is 0 Å². The van der Waals surface area contributed by atoms with Crippen molar-refractivity contribution in [2.24, 2.45) is 5.41 Å². The summed E-state index contributed by atoms with van der Waals surface area (Å²) >= 11 is 0. The van der Waals surface area contributed by atoms with Gasteiger partial charge in [-0.05, 0) is 49.3 Å². The van der Waals surface area contributed by atoms with Gasteiger partial charge in [0.1, 0.15) is 0 Å². The summed E-state index contributed by atoms with van der Waals surface area (Å²) in [5, 5.41) is 17.5. The Kier molecular flexibility index (Phi) is 3.53. The molecule has 0 bridgehead atoms. The maximum atomic E-state index is 13.5. The van der Waals surface area contributed by atoms with Crippen LogP contribution in [0.15, 0.2) is 35.4 Å². The normalized spacial score (nSPS) is 25.9. The van der Waals surface area contributed by atoms with Gasteiger partial charge in [-0.15, -0.1) is 0 Å². The number of hydrogen-bond acceptors (Lipinski definition) is 3. The van der Waals surface area contributed by atoms with E-state index in [9.17, 15) is 10.1 Å². The number of carbonyl (C=O) groups is 1. The van der Waals surface area contributed by atoms with Gasteiger partial charge in [-0.2, -0.15) is 10.4 Å². The van der Waals surface area contributed by atoms with Gasteiger partial charge in [0, 0.05) is 41.0 Å². The zero-order chi connectivity index (χ0) is 19.7. The molecular weight excluding hydrogens is 346 g/mol. The van der Waals surface area contributed by atoms with Crippen LogP contribution in [-0.4, -0.2) is 16.0 Å². The molecule has 0 saturated heterocycles. The van der Waals surface area contributed by atoms with E-state index in [-0.39, 0.29) is 11.2 Å². The van der Waals surface area contributed by atoms with Crippen molar-refractivity contribution < 1.29 is 4.79 Å². The smallest absolute Gasteiger partial charge is 0.160 e. The molecular formula is C24H25N3O. The maximum Gasteiger partial charge on any atom is 0.160 e. The standard InChI is InChI=1S/C24H25N3O/c1-23(2)11-16-10-18-21(22(27-26-18)15-7-8-15)24(3,20(16)19(28)12-23)17-6-4-5-14(9-17)13-25/h4-6,9,15H,7-8,10-12H2,1-3H3,(H,26,27)/t24-/m0/s1. The van der Waals surface area contributed by atoms with Crippen LogP contribution in [0.1, 0.15) is 80.5 Å². The Morgan fingerprint density at radius 3 is 2.71 bits per heavy atom. The molecule has 142 valence electrons. The number of nitrogens with one attached hydrogen (secondary N) is 1. The van der Waals surface area contributed by atoms with Crippen LogP contribution in [0.2, 0.25) is 0 Å². The highest BCUT2D eigenvalue weighted by atomic mass is 16.1. The number of nitriles is 1. The van der Waals surface area contributed by atoms with Gasteiger partial charge in [0.25, 0.3) is 0 Å². The monoisotopic (exact) mass is 371 g/mol. The Bertz CT molecular complexity index is 1080. The van der Waals surface area contributed by atoms with Gasteiger partial charge in [-0.3, -0.25) is 9.89 Å². The fraction of sp³-hybridized carbons (Fsp3) is 0.458. The lowest BCUT2D eigenvalue weighted by Gasteiger charge is -2.44. The summed E-state index contributed by atoms with van der Waals surface area (Å²) in [6, 6.07) is 10.0. The summed E-state index contributed by atoms with van der Waals surface area (Å²) in [6.07, 6.45) is 4.62. The number of hydrogen-bond donors (Lipinski definition) is 1. The fourth-order valence-electron chi connectivity index (χ4n) is 5.49. The van der Waals surface area contributed by atoms with Gasteiger partial charge in [0.05, 0.1) is 17.3 Å². The first-order valence-corrected chi connectivity index (χ1v) is 10.2. The molecule has 1 heterocycles. The molecule has 0 radical (unpaired) electrons. The average Bonchev–Trinajstić information content (AvgIpc) is 3.40. The van der Waals surface area contributed by atoms with E-state index in [2.05, 4.69) is 38.0 Å². The summed E-state index contributed by atoms with van der Waals surface area (Å²) in [6.45, 7) is 6.54. The van der Waals surface area contributed by atoms with Crippen molar-refractivity contribution in [3.63, 3.8) is 0 Å². The lowest BCUT2D eigenvalue weighted by atomic mass is 9.58. The summed E-state index contributed by atoms with van der Waals surface area (Å²) in [5.41, 5.74) is 6.76. The van der Waals surface area contributed by atoms with Gasteiger partial charge < -0.3 is 0 Å². The lowest BCUT2D eigenvalue weighted by Crippen LogP contribution is -2.41. The van der Waals surface area contributed by atoms with Crippen LogP contribution in [0.3, 0.4) is 0 Å². The van der Waals surface area contributed by atoms with E-state index in [1.165, 1.54) is 24.0 Å². The van der Waals surface area contributed by atoms with Crippen molar-refractivity contribution in [1.29, 1.82) is 5.26 Å². The van der Waals surface area contributed by atoms with E-state index in [0.29, 0.717) is 17.9 Å². The molecule has 0 amide bonds. The summed E-state index contributed by atoms with van der Waals surface area (Å²) in [5.74, 6) is 0.750. The van der Waals surface area contributed by atoms with Crippen LogP contribution in [0.4, 0.5) is 0 Å². The first-order chi connectivity index (χ1) is 13.3. The van der Waals surface area contributed by atoms with Crippen LogP contribution < -0.4 is 0 Å². The van der Waals surface area contributed by atoms with Crippen molar-refractivity contribution in [1.82, 2.24) is 10.2 Å². The highest BCUT2D eigenvalue weighted by molar-refractivity contribution is 6.01. The minimum Gasteiger partial charge on any atom is -0.294 e. The Balaban J connectivity index is 1.80. The topological polar surface area (TPSA) is 69.5 Å². The molecule has 1 fully saturated rings. The van der Waals surface area contributed by atoms with Gasteiger partial charge >= 0.3 is 0 Å². The lowest BCUT2D eigenvalue weighted by molar-refractivity contribution is -0.118. The number of carbonyl (C=O) groups excluding carboxylic acids is 1. The quantitative estimate of drug-likeness (QED) is 0.831. The molecule has 3 aliphatic carbocycles. The Morgan fingerprint density at radius 2 is 2.00 bits per heavy atom. The number of H-pyrrole nitrogens is 1. The predicted molar refractivity (Wildman–Crippen MR) is 107 cm³/mol. The number of nitrogens with zero attached hydrogens (tertiary/aromatic N) is 2. The predicted octanol–water partition coefficient (Wildman–Crippen LogP) is 4.71. The van der Waals surface area contributed by atoms with Gasteiger partial charge in [-0.25, -0.2) is 0 Å². The molecule has 0 spiro atoms. The zero-order valence-electron chi connectivity index (χ0n) is 16.7. The van der Waals surface area contributed by atoms with Crippen LogP contribution in [0, 0.1) is 16.7 Å². The molecule has 4 heteroatoms. The highest BCUT2D eigenvalue weighted by Crippen LogP contribution is 2.55. The molecule has 3 aliphatic rings. The van der Waals surface area contributed by atoms with Crippen LogP contribution in [0.5, 0.6) is 0 Å². The zero-order valence-corrected chi connectivity index (χ0v) is 16.7. The minimum absolute atomic E-state index is 0.0117. The number of aromatic nitrogens is 2. The molecule has 1 aromatic heterocycles. The minimum atomic E-state index is -0.547. The van der Waals surface area contributed by atoms with E-state index in [0.717, 1.165) is 35.4 Å². The SMILES string of the molecule is CC1(C)CC(=O)C2=C(Cc3[nH]nc(C4CC4)c3[C@@]2(C)c2cccc(C#N)c2)C1. The number of benzene rings is 1. The summed E-state index contributed by atoms with van der Waals surface area (Å²) in [7, 11) is 0. The number of fused-ring (bicyclic) bond motifs is 1. The number of allylic oxidation sites excluding steroid dienone is 2. The number of rotatable bonds is 2. The number of ketones is 1. The van der Waals surface area contributed by atoms with Crippen LogP contribution in [-0.2, 0) is 16.6 Å². The first-order valence-electron chi connectivity index (χ1n) is 10.2. The van der Waals surface area contributed by atoms with Crippen molar-refractivity contribution in [3.05, 3.63) is 63.5 Å². The molecule has 4 nitrogen and oxygen atoms in total. The fourth-order valence-corrected chi connectivity index (χ4v) is 5.49. The second-order valence-electron chi connectivity index (χ2n) is 9.65. The van der Waals surface area contributed by atoms with Gasteiger partial charge in [-0.1, -0.05) is 31.6 Å². The second-order valence-corrected chi connectivity index (χ2v) is 9.65. The second kappa shape index (κ2) is 5.67. The average molecular weight is 371 g/mol. The van der Waals surface area contributed by atoms with Gasteiger partial charge in [0.2, 0.25) is 0 Å². The van der Waals surface area contributed by atoms with Crippen molar-refractivity contribution in [2.45, 2.75) is 64.2 Å². The number of aromatic amines is 1. The van der Waals surface area contributed by atoms with E-state index < -0.39 is 5.41 Å². The van der Waals surface area contributed by atoms with E-state index >= 15 is 0 Å². The Labute approximate surface area is 165 Å². The van der Waals surface area contributed by atoms with E-state index in [1.807, 2.05) is 18.2 Å². The van der Waals surface area contributed by atoms with Crippen molar-refractivity contribution in [2.75, 3.05) is 0 Å². The number of Topliss-reactive ketones (excluding diaryl/α,β-unsaturated/α-hetero) is 1. The molecule has 1 aromatic carbocycles. The molecule has 0 unspecified atom stereocenters. The largest absolute Gasteiger partial charge is 0.294 e. The van der Waals surface area contributed by atoms with Gasteiger partial charge in [0.15, 0.2) is 5.78 Å². The maximum absolute atomic E-state index is 13.5. The first kappa shape index (κ1) is 17.4. The van der Waals surface area contributed by atoms with Crippen molar-refractivity contribution >= 4 is 5.78 Å². The van der Waals surface area contributed by atoms with Crippen LogP contribution in [0.25, 0.3) is 0 Å². The van der Waals surface area contributed by atoms with E-state index in [4.69, 9.17) is 5.10 Å². The molecule has 5 rings (SSSR count). The molecule has 2 aromatic rings. The molecule has 1 saturated carbocycles. The Hall–Kier alpha value is -2.67. The summed E-state index contributed by atoms with van der Waals surface area (Å²) < 4.78 is 0. The molecule has 1 N–H and O–H groups in total. The molecule has 0 aliphatic heterocycles. The third-order valence-electron chi connectivity index (χ3n) is 6.76. The third kappa shape index (κ3) is 2.42. The third-order valence-corrected chi connectivity index (χ3v) is 6.76. The van der Waals surface area contributed by atoms with E-state index in [1.54, 1.807) is 0 Å².